The van der Waals surface area contributed by atoms with Crippen molar-refractivity contribution in [2.75, 3.05) is 0 Å². The van der Waals surface area contributed by atoms with Gasteiger partial charge in [0, 0.05) is 23.0 Å². The first kappa shape index (κ1) is 14.3. The number of halogens is 1. The summed E-state index contributed by atoms with van der Waals surface area (Å²) >= 11 is 3.44. The fourth-order valence-corrected chi connectivity index (χ4v) is 3.07. The van der Waals surface area contributed by atoms with E-state index in [1.165, 1.54) is 5.56 Å². The minimum atomic E-state index is -0.901. The van der Waals surface area contributed by atoms with Crippen LogP contribution in [-0.4, -0.2) is 17.1 Å². The maximum Gasteiger partial charge on any atom is 0.335 e. The number of hydrogen-bond donors (Lipinski definition) is 2. The topological polar surface area (TPSA) is 49.3 Å². The van der Waals surface area contributed by atoms with E-state index in [2.05, 4.69) is 45.5 Å². The van der Waals surface area contributed by atoms with Crippen LogP contribution in [0, 0.1) is 0 Å². The van der Waals surface area contributed by atoms with Gasteiger partial charge in [-0.2, -0.15) is 0 Å². The highest BCUT2D eigenvalue weighted by Crippen LogP contribution is 2.40. The van der Waals surface area contributed by atoms with E-state index in [9.17, 15) is 4.79 Å². The van der Waals surface area contributed by atoms with Crippen molar-refractivity contribution < 1.29 is 9.90 Å². The van der Waals surface area contributed by atoms with Crippen LogP contribution >= 0.6 is 15.9 Å². The molecule has 1 aliphatic rings. The van der Waals surface area contributed by atoms with Gasteiger partial charge in [-0.05, 0) is 29.7 Å². The maximum absolute atomic E-state index is 10.9. The van der Waals surface area contributed by atoms with Gasteiger partial charge < -0.3 is 10.4 Å². The summed E-state index contributed by atoms with van der Waals surface area (Å²) in [6.45, 7) is 0.745. The molecule has 0 spiro atoms. The van der Waals surface area contributed by atoms with Crippen molar-refractivity contribution >= 4 is 21.9 Å². The molecule has 2 atom stereocenters. The van der Waals surface area contributed by atoms with Gasteiger partial charge in [0.05, 0.1) is 5.56 Å². The van der Waals surface area contributed by atoms with Gasteiger partial charge >= 0.3 is 5.97 Å². The first-order valence-corrected chi connectivity index (χ1v) is 7.74. The average Bonchev–Trinajstić information content (AvgIpc) is 3.26. The van der Waals surface area contributed by atoms with Crippen LogP contribution < -0.4 is 5.32 Å². The molecule has 2 unspecified atom stereocenters. The number of rotatable bonds is 5. The molecule has 3 rings (SSSR count). The third kappa shape index (κ3) is 3.34. The van der Waals surface area contributed by atoms with Crippen molar-refractivity contribution in [3.8, 4) is 0 Å². The van der Waals surface area contributed by atoms with Crippen molar-refractivity contribution in [3.05, 3.63) is 69.7 Å². The van der Waals surface area contributed by atoms with E-state index in [4.69, 9.17) is 5.11 Å². The Morgan fingerprint density at radius 3 is 2.67 bits per heavy atom. The summed E-state index contributed by atoms with van der Waals surface area (Å²) in [6.07, 6.45) is 1.16. The standard InChI is InChI=1S/C17H16BrNO2/c18-15-8-12(17(20)21)6-7-13(15)10-19-16-9-14(16)11-4-2-1-3-5-11/h1-8,14,16,19H,9-10H2,(H,20,21). The fourth-order valence-electron chi connectivity index (χ4n) is 2.55. The van der Waals surface area contributed by atoms with Crippen LogP contribution in [0.15, 0.2) is 53.0 Å². The van der Waals surface area contributed by atoms with Crippen molar-refractivity contribution in [2.24, 2.45) is 0 Å². The van der Waals surface area contributed by atoms with E-state index in [0.29, 0.717) is 17.5 Å². The monoisotopic (exact) mass is 345 g/mol. The summed E-state index contributed by atoms with van der Waals surface area (Å²) < 4.78 is 0.840. The van der Waals surface area contributed by atoms with Gasteiger partial charge in [-0.1, -0.05) is 52.3 Å². The van der Waals surface area contributed by atoms with Crippen LogP contribution in [0.5, 0.6) is 0 Å². The molecule has 2 N–H and O–H groups in total. The van der Waals surface area contributed by atoms with Crippen molar-refractivity contribution in [3.63, 3.8) is 0 Å². The summed E-state index contributed by atoms with van der Waals surface area (Å²) in [5, 5.41) is 12.5. The van der Waals surface area contributed by atoms with Gasteiger partial charge in [0.1, 0.15) is 0 Å². The lowest BCUT2D eigenvalue weighted by atomic mass is 10.1. The Balaban J connectivity index is 1.58. The Bertz CT molecular complexity index is 657. The second-order valence-corrected chi connectivity index (χ2v) is 6.21. The molecule has 21 heavy (non-hydrogen) atoms. The van der Waals surface area contributed by atoms with Crippen molar-refractivity contribution in [1.29, 1.82) is 0 Å². The summed E-state index contributed by atoms with van der Waals surface area (Å²) in [5.41, 5.74) is 2.77. The molecule has 2 aromatic rings. The number of nitrogens with one attached hydrogen (secondary N) is 1. The predicted molar refractivity (Wildman–Crippen MR) is 85.5 cm³/mol. The number of aromatic carboxylic acids is 1. The van der Waals surface area contributed by atoms with E-state index < -0.39 is 5.97 Å². The van der Waals surface area contributed by atoms with Crippen LogP contribution in [0.3, 0.4) is 0 Å². The smallest absolute Gasteiger partial charge is 0.335 e. The number of carboxylic acids is 1. The van der Waals surface area contributed by atoms with E-state index in [0.717, 1.165) is 23.0 Å². The van der Waals surface area contributed by atoms with E-state index in [1.54, 1.807) is 12.1 Å². The van der Waals surface area contributed by atoms with Gasteiger partial charge in [0.2, 0.25) is 0 Å². The summed E-state index contributed by atoms with van der Waals surface area (Å²) in [4.78, 5) is 10.9. The minimum absolute atomic E-state index is 0.305. The summed E-state index contributed by atoms with van der Waals surface area (Å²) in [6, 6.07) is 16.2. The molecule has 1 saturated carbocycles. The van der Waals surface area contributed by atoms with Gasteiger partial charge in [-0.3, -0.25) is 0 Å². The lowest BCUT2D eigenvalue weighted by Gasteiger charge is -2.08. The van der Waals surface area contributed by atoms with E-state index >= 15 is 0 Å². The largest absolute Gasteiger partial charge is 0.478 e. The average molecular weight is 346 g/mol. The molecular formula is C17H16BrNO2. The van der Waals surface area contributed by atoms with Crippen LogP contribution in [0.4, 0.5) is 0 Å². The van der Waals surface area contributed by atoms with Crippen LogP contribution in [0.2, 0.25) is 0 Å². The molecular weight excluding hydrogens is 330 g/mol. The molecule has 0 amide bonds. The Hall–Kier alpha value is -1.65. The van der Waals surface area contributed by atoms with Crippen molar-refractivity contribution in [1.82, 2.24) is 5.32 Å². The van der Waals surface area contributed by atoms with Gasteiger partial charge in [0.25, 0.3) is 0 Å². The lowest BCUT2D eigenvalue weighted by molar-refractivity contribution is 0.0697. The molecule has 3 nitrogen and oxygen atoms in total. The first-order chi connectivity index (χ1) is 10.1. The summed E-state index contributed by atoms with van der Waals surface area (Å²) in [7, 11) is 0. The highest BCUT2D eigenvalue weighted by Gasteiger charge is 2.37. The Morgan fingerprint density at radius 2 is 2.00 bits per heavy atom. The lowest BCUT2D eigenvalue weighted by Crippen LogP contribution is -2.17. The fraction of sp³-hybridized carbons (Fsp3) is 0.235. The third-order valence-corrected chi connectivity index (χ3v) is 4.61. The molecule has 0 aromatic heterocycles. The molecule has 0 radical (unpaired) electrons. The zero-order chi connectivity index (χ0) is 14.8. The number of carbonyl (C=O) groups is 1. The Labute approximate surface area is 132 Å². The molecule has 108 valence electrons. The van der Waals surface area contributed by atoms with Crippen LogP contribution in [0.1, 0.15) is 33.8 Å². The highest BCUT2D eigenvalue weighted by molar-refractivity contribution is 9.10. The predicted octanol–water partition coefficient (Wildman–Crippen LogP) is 3.79. The molecule has 0 aliphatic heterocycles. The molecule has 0 saturated heterocycles. The quantitative estimate of drug-likeness (QED) is 0.866. The van der Waals surface area contributed by atoms with Gasteiger partial charge in [-0.25, -0.2) is 4.79 Å². The number of benzene rings is 2. The zero-order valence-corrected chi connectivity index (χ0v) is 13.0. The second kappa shape index (κ2) is 6.00. The SMILES string of the molecule is O=C(O)c1ccc(CNC2CC2c2ccccc2)c(Br)c1. The van der Waals surface area contributed by atoms with Crippen molar-refractivity contribution in [2.45, 2.75) is 24.9 Å². The third-order valence-electron chi connectivity index (χ3n) is 3.87. The Kier molecular flexibility index (Phi) is 4.08. The van der Waals surface area contributed by atoms with E-state index in [-0.39, 0.29) is 0 Å². The van der Waals surface area contributed by atoms with Gasteiger partial charge in [-0.15, -0.1) is 0 Å². The van der Waals surface area contributed by atoms with Gasteiger partial charge in [0.15, 0.2) is 0 Å². The maximum atomic E-state index is 10.9. The minimum Gasteiger partial charge on any atom is -0.478 e. The highest BCUT2D eigenvalue weighted by atomic mass is 79.9. The molecule has 1 aliphatic carbocycles. The number of hydrogen-bond acceptors (Lipinski definition) is 2. The van der Waals surface area contributed by atoms with Crippen LogP contribution in [-0.2, 0) is 6.54 Å². The normalized spacial score (nSPS) is 20.2. The van der Waals surface area contributed by atoms with Crippen LogP contribution in [0.25, 0.3) is 0 Å². The molecule has 1 fully saturated rings. The first-order valence-electron chi connectivity index (χ1n) is 6.95. The molecule has 0 heterocycles. The Morgan fingerprint density at radius 1 is 1.24 bits per heavy atom. The number of carboxylic acid groups (broad SMARTS) is 1. The molecule has 0 bridgehead atoms. The molecule has 2 aromatic carbocycles. The second-order valence-electron chi connectivity index (χ2n) is 5.35. The zero-order valence-electron chi connectivity index (χ0n) is 11.4. The summed E-state index contributed by atoms with van der Waals surface area (Å²) in [5.74, 6) is -0.301. The molecule has 4 heteroatoms. The van der Waals surface area contributed by atoms with E-state index in [1.807, 2.05) is 12.1 Å².